The molecule has 0 aliphatic heterocycles. The van der Waals surface area contributed by atoms with Crippen LogP contribution in [0.1, 0.15) is 5.56 Å². The summed E-state index contributed by atoms with van der Waals surface area (Å²) in [5.74, 6) is 0.926. The van der Waals surface area contributed by atoms with E-state index >= 15 is 0 Å². The van der Waals surface area contributed by atoms with Gasteiger partial charge < -0.3 is 9.53 Å². The van der Waals surface area contributed by atoms with Crippen LogP contribution in [-0.4, -0.2) is 20.0 Å². The SMILES string of the molecule is C[Si](C)(C)Oc1ccc(/C=C/CO)cc1. The van der Waals surface area contributed by atoms with E-state index in [-0.39, 0.29) is 6.61 Å². The van der Waals surface area contributed by atoms with Crippen LogP contribution in [0.25, 0.3) is 6.08 Å². The fourth-order valence-corrected chi connectivity index (χ4v) is 2.03. The third-order valence-corrected chi connectivity index (χ3v) is 2.57. The number of benzene rings is 1. The minimum absolute atomic E-state index is 0.0765. The lowest BCUT2D eigenvalue weighted by atomic mass is 10.2. The van der Waals surface area contributed by atoms with E-state index in [1.807, 2.05) is 30.3 Å². The Labute approximate surface area is 92.3 Å². The Morgan fingerprint density at radius 1 is 1.20 bits per heavy atom. The van der Waals surface area contributed by atoms with Crippen molar-refractivity contribution >= 4 is 14.4 Å². The minimum atomic E-state index is -1.50. The summed E-state index contributed by atoms with van der Waals surface area (Å²) in [7, 11) is -1.50. The second-order valence-corrected chi connectivity index (χ2v) is 8.80. The fraction of sp³-hybridized carbons (Fsp3) is 0.333. The predicted molar refractivity (Wildman–Crippen MR) is 66.5 cm³/mol. The van der Waals surface area contributed by atoms with Gasteiger partial charge in [-0.15, -0.1) is 0 Å². The van der Waals surface area contributed by atoms with E-state index in [4.69, 9.17) is 9.53 Å². The van der Waals surface area contributed by atoms with E-state index in [1.54, 1.807) is 6.08 Å². The number of hydrogen-bond donors (Lipinski definition) is 1. The van der Waals surface area contributed by atoms with E-state index < -0.39 is 8.32 Å². The van der Waals surface area contributed by atoms with Crippen LogP contribution in [0, 0.1) is 0 Å². The molecule has 0 aromatic heterocycles. The van der Waals surface area contributed by atoms with Crippen molar-refractivity contribution in [2.45, 2.75) is 19.6 Å². The van der Waals surface area contributed by atoms with E-state index in [0.29, 0.717) is 0 Å². The average molecular weight is 222 g/mol. The highest BCUT2D eigenvalue weighted by atomic mass is 28.4. The van der Waals surface area contributed by atoms with Gasteiger partial charge in [0.25, 0.3) is 0 Å². The average Bonchev–Trinajstić information content (AvgIpc) is 2.14. The molecule has 0 saturated carbocycles. The molecule has 0 radical (unpaired) electrons. The molecular formula is C12H18O2Si. The summed E-state index contributed by atoms with van der Waals surface area (Å²) in [6.07, 6.45) is 3.60. The number of rotatable bonds is 4. The summed E-state index contributed by atoms with van der Waals surface area (Å²) in [5.41, 5.74) is 1.08. The fourth-order valence-electron chi connectivity index (χ4n) is 1.19. The Balaban J connectivity index is 2.68. The third-order valence-electron chi connectivity index (χ3n) is 1.72. The molecule has 15 heavy (non-hydrogen) atoms. The second kappa shape index (κ2) is 5.14. The maximum absolute atomic E-state index is 8.63. The zero-order chi connectivity index (χ0) is 11.3. The lowest BCUT2D eigenvalue weighted by molar-refractivity contribution is 0.343. The lowest BCUT2D eigenvalue weighted by Gasteiger charge is -2.18. The van der Waals surface area contributed by atoms with Gasteiger partial charge in [-0.05, 0) is 37.3 Å². The van der Waals surface area contributed by atoms with Crippen LogP contribution in [-0.2, 0) is 0 Å². The molecule has 1 N–H and O–H groups in total. The molecule has 3 heteroatoms. The standard InChI is InChI=1S/C12H18O2Si/c1-15(2,3)14-12-8-6-11(7-9-12)5-4-10-13/h4-9,13H,10H2,1-3H3/b5-4+. The zero-order valence-corrected chi connectivity index (χ0v) is 10.5. The van der Waals surface area contributed by atoms with Gasteiger partial charge in [0.1, 0.15) is 5.75 Å². The van der Waals surface area contributed by atoms with Gasteiger partial charge in [-0.1, -0.05) is 24.3 Å². The Morgan fingerprint density at radius 2 is 1.80 bits per heavy atom. The maximum atomic E-state index is 8.63. The molecule has 1 aromatic carbocycles. The quantitative estimate of drug-likeness (QED) is 0.794. The molecule has 0 fully saturated rings. The summed E-state index contributed by atoms with van der Waals surface area (Å²) in [6.45, 7) is 6.55. The van der Waals surface area contributed by atoms with Crippen LogP contribution in [0.15, 0.2) is 30.3 Å². The van der Waals surface area contributed by atoms with Crippen LogP contribution in [0.3, 0.4) is 0 Å². The third kappa shape index (κ3) is 4.81. The summed E-state index contributed by atoms with van der Waals surface area (Å²) in [4.78, 5) is 0. The first-order chi connectivity index (χ1) is 7.01. The van der Waals surface area contributed by atoms with Crippen LogP contribution in [0.5, 0.6) is 5.75 Å². The van der Waals surface area contributed by atoms with Crippen molar-refractivity contribution in [3.8, 4) is 5.75 Å². The molecule has 0 aliphatic rings. The molecule has 1 rings (SSSR count). The second-order valence-electron chi connectivity index (χ2n) is 4.37. The first-order valence-corrected chi connectivity index (χ1v) is 8.48. The molecule has 1 aromatic rings. The first kappa shape index (κ1) is 12.0. The highest BCUT2D eigenvalue weighted by Crippen LogP contribution is 2.17. The Bertz CT molecular complexity index is 322. The molecule has 0 spiro atoms. The molecular weight excluding hydrogens is 204 g/mol. The molecule has 0 heterocycles. The van der Waals surface area contributed by atoms with Crippen molar-refractivity contribution in [1.82, 2.24) is 0 Å². The number of aliphatic hydroxyl groups is 1. The molecule has 0 saturated heterocycles. The predicted octanol–water partition coefficient (Wildman–Crippen LogP) is 2.91. The van der Waals surface area contributed by atoms with Crippen molar-refractivity contribution in [1.29, 1.82) is 0 Å². The van der Waals surface area contributed by atoms with E-state index in [9.17, 15) is 0 Å². The van der Waals surface area contributed by atoms with Gasteiger partial charge in [0.15, 0.2) is 0 Å². The minimum Gasteiger partial charge on any atom is -0.544 e. The molecule has 2 nitrogen and oxygen atoms in total. The van der Waals surface area contributed by atoms with Crippen molar-refractivity contribution in [2.24, 2.45) is 0 Å². The topological polar surface area (TPSA) is 29.5 Å². The van der Waals surface area contributed by atoms with Gasteiger partial charge in [-0.2, -0.15) is 0 Å². The van der Waals surface area contributed by atoms with Gasteiger partial charge >= 0.3 is 0 Å². The zero-order valence-electron chi connectivity index (χ0n) is 9.53. The first-order valence-electron chi connectivity index (χ1n) is 5.08. The van der Waals surface area contributed by atoms with Crippen LogP contribution in [0.4, 0.5) is 0 Å². The lowest BCUT2D eigenvalue weighted by Crippen LogP contribution is -2.29. The Kier molecular flexibility index (Phi) is 4.12. The van der Waals surface area contributed by atoms with Crippen molar-refractivity contribution in [3.05, 3.63) is 35.9 Å². The molecule has 0 bridgehead atoms. The van der Waals surface area contributed by atoms with E-state index in [2.05, 4.69) is 19.6 Å². The van der Waals surface area contributed by atoms with Crippen LogP contribution < -0.4 is 4.43 Å². The van der Waals surface area contributed by atoms with Gasteiger partial charge in [0.2, 0.25) is 8.32 Å². The number of hydrogen-bond acceptors (Lipinski definition) is 2. The summed E-state index contributed by atoms with van der Waals surface area (Å²) < 4.78 is 5.83. The molecule has 0 amide bonds. The highest BCUT2D eigenvalue weighted by molar-refractivity contribution is 6.70. The largest absolute Gasteiger partial charge is 0.544 e. The summed E-state index contributed by atoms with van der Waals surface area (Å²) in [5, 5.41) is 8.63. The van der Waals surface area contributed by atoms with Gasteiger partial charge in [0, 0.05) is 0 Å². The molecule has 0 unspecified atom stereocenters. The summed E-state index contributed by atoms with van der Waals surface area (Å²) >= 11 is 0. The van der Waals surface area contributed by atoms with Crippen LogP contribution in [0.2, 0.25) is 19.6 Å². The van der Waals surface area contributed by atoms with Gasteiger partial charge in [-0.3, -0.25) is 0 Å². The molecule has 0 atom stereocenters. The maximum Gasteiger partial charge on any atom is 0.242 e. The van der Waals surface area contributed by atoms with Crippen molar-refractivity contribution < 1.29 is 9.53 Å². The summed E-state index contributed by atoms with van der Waals surface area (Å²) in [6, 6.07) is 7.91. The Morgan fingerprint density at radius 3 is 2.27 bits per heavy atom. The van der Waals surface area contributed by atoms with Crippen molar-refractivity contribution in [3.63, 3.8) is 0 Å². The van der Waals surface area contributed by atoms with Gasteiger partial charge in [0.05, 0.1) is 6.61 Å². The normalized spacial score (nSPS) is 12.0. The van der Waals surface area contributed by atoms with Crippen molar-refractivity contribution in [2.75, 3.05) is 6.61 Å². The van der Waals surface area contributed by atoms with E-state index in [1.165, 1.54) is 0 Å². The number of aliphatic hydroxyl groups excluding tert-OH is 1. The van der Waals surface area contributed by atoms with Gasteiger partial charge in [-0.25, -0.2) is 0 Å². The smallest absolute Gasteiger partial charge is 0.242 e. The highest BCUT2D eigenvalue weighted by Gasteiger charge is 2.15. The Hall–Kier alpha value is -1.06. The monoisotopic (exact) mass is 222 g/mol. The molecule has 0 aliphatic carbocycles. The van der Waals surface area contributed by atoms with E-state index in [0.717, 1.165) is 11.3 Å². The van der Waals surface area contributed by atoms with Crippen LogP contribution >= 0.6 is 0 Å². The molecule has 82 valence electrons.